The first-order valence-corrected chi connectivity index (χ1v) is 10.1. The molecule has 0 spiro atoms. The average molecular weight is 442 g/mol. The minimum Gasteiger partial charge on any atom is -0.463 e. The Hall–Kier alpha value is -4.73. The molecule has 0 aliphatic heterocycles. The molecule has 0 atom stereocenters. The number of rotatable bonds is 5. The molecule has 4 heterocycles. The Balaban J connectivity index is 1.55. The standard InChI is InChI=1S/C23H18N6O4/c1-12-10-19(30)27-23(24-12)29-18(11-16(28-29)17-8-5-9-33-17)26-22(32)21(31)20-13(2)25-15-7-4-3-6-14(15)20/h3-11,25H,1-2H3,(H,26,32)(H,24,27,30). The third-order valence-electron chi connectivity index (χ3n) is 5.11. The van der Waals surface area contributed by atoms with Gasteiger partial charge in [-0.05, 0) is 32.0 Å². The zero-order valence-corrected chi connectivity index (χ0v) is 17.7. The molecular formula is C23H18N6O4. The van der Waals surface area contributed by atoms with Crippen LogP contribution < -0.4 is 10.9 Å². The second kappa shape index (κ2) is 7.75. The van der Waals surface area contributed by atoms with Crippen molar-refractivity contribution >= 4 is 28.4 Å². The Morgan fingerprint density at radius 2 is 1.88 bits per heavy atom. The molecule has 5 rings (SSSR count). The Morgan fingerprint density at radius 3 is 2.64 bits per heavy atom. The first-order chi connectivity index (χ1) is 15.9. The van der Waals surface area contributed by atoms with E-state index in [1.165, 1.54) is 23.1 Å². The van der Waals surface area contributed by atoms with Crippen LogP contribution >= 0.6 is 0 Å². The minimum absolute atomic E-state index is 0.0869. The van der Waals surface area contributed by atoms with Crippen molar-refractivity contribution in [1.29, 1.82) is 0 Å². The van der Waals surface area contributed by atoms with Crippen molar-refractivity contribution in [3.8, 4) is 17.4 Å². The zero-order chi connectivity index (χ0) is 23.1. The molecule has 10 nitrogen and oxygen atoms in total. The maximum absolute atomic E-state index is 13.1. The summed E-state index contributed by atoms with van der Waals surface area (Å²) >= 11 is 0. The lowest BCUT2D eigenvalue weighted by Gasteiger charge is -2.08. The van der Waals surface area contributed by atoms with Crippen LogP contribution in [0.15, 0.2) is 64.0 Å². The Kier molecular flexibility index (Phi) is 4.74. The number of aromatic amines is 2. The second-order valence-electron chi connectivity index (χ2n) is 7.47. The number of aryl methyl sites for hydroxylation is 2. The van der Waals surface area contributed by atoms with Gasteiger partial charge in [-0.3, -0.25) is 19.4 Å². The first kappa shape index (κ1) is 20.2. The van der Waals surface area contributed by atoms with Gasteiger partial charge in [0.15, 0.2) is 5.76 Å². The number of hydrogen-bond donors (Lipinski definition) is 3. The largest absolute Gasteiger partial charge is 0.463 e. The fraction of sp³-hybridized carbons (Fsp3) is 0.0870. The van der Waals surface area contributed by atoms with Gasteiger partial charge in [-0.1, -0.05) is 18.2 Å². The quantitative estimate of drug-likeness (QED) is 0.282. The number of aromatic nitrogens is 5. The van der Waals surface area contributed by atoms with Crippen LogP contribution in [0.5, 0.6) is 0 Å². The summed E-state index contributed by atoms with van der Waals surface area (Å²) in [5, 5.41) is 7.67. The van der Waals surface area contributed by atoms with E-state index in [9.17, 15) is 14.4 Å². The summed E-state index contributed by atoms with van der Waals surface area (Å²) in [5.74, 6) is -0.888. The predicted molar refractivity (Wildman–Crippen MR) is 120 cm³/mol. The monoisotopic (exact) mass is 442 g/mol. The highest BCUT2D eigenvalue weighted by molar-refractivity contribution is 6.48. The SMILES string of the molecule is Cc1cc(=O)[nH]c(-n2nc(-c3ccco3)cc2NC(=O)C(=O)c2c(C)[nH]c3ccccc23)n1. The molecule has 0 aliphatic rings. The van der Waals surface area contributed by atoms with Crippen LogP contribution in [-0.4, -0.2) is 36.4 Å². The van der Waals surface area contributed by atoms with Crippen molar-refractivity contribution in [2.24, 2.45) is 0 Å². The lowest BCUT2D eigenvalue weighted by atomic mass is 10.1. The number of nitrogens with one attached hydrogen (secondary N) is 3. The highest BCUT2D eigenvalue weighted by atomic mass is 16.3. The fourth-order valence-corrected chi connectivity index (χ4v) is 3.70. The number of para-hydroxylation sites is 1. The summed E-state index contributed by atoms with van der Waals surface area (Å²) < 4.78 is 6.64. The van der Waals surface area contributed by atoms with Crippen molar-refractivity contribution in [2.45, 2.75) is 13.8 Å². The molecule has 4 aromatic heterocycles. The molecule has 0 fully saturated rings. The maximum atomic E-state index is 13.1. The second-order valence-corrected chi connectivity index (χ2v) is 7.47. The molecule has 0 unspecified atom stereocenters. The zero-order valence-electron chi connectivity index (χ0n) is 17.7. The molecule has 5 aromatic rings. The van der Waals surface area contributed by atoms with Gasteiger partial charge in [-0.2, -0.15) is 9.78 Å². The number of fused-ring (bicyclic) bond motifs is 1. The van der Waals surface area contributed by atoms with Crippen LogP contribution in [0.1, 0.15) is 21.7 Å². The molecule has 0 saturated carbocycles. The third kappa shape index (κ3) is 3.63. The molecule has 1 amide bonds. The average Bonchev–Trinajstić information content (AvgIpc) is 3.50. The van der Waals surface area contributed by atoms with Gasteiger partial charge in [0, 0.05) is 34.4 Å². The number of carbonyl (C=O) groups is 2. The van der Waals surface area contributed by atoms with Gasteiger partial charge in [0.25, 0.3) is 17.2 Å². The maximum Gasteiger partial charge on any atom is 0.298 e. The van der Waals surface area contributed by atoms with E-state index >= 15 is 0 Å². The topological polar surface area (TPSA) is 139 Å². The van der Waals surface area contributed by atoms with E-state index in [1.54, 1.807) is 38.1 Å². The fourth-order valence-electron chi connectivity index (χ4n) is 3.70. The normalized spacial score (nSPS) is 11.1. The van der Waals surface area contributed by atoms with Crippen LogP contribution in [0.25, 0.3) is 28.3 Å². The van der Waals surface area contributed by atoms with Gasteiger partial charge in [-0.25, -0.2) is 4.98 Å². The number of H-pyrrole nitrogens is 2. The van der Waals surface area contributed by atoms with Gasteiger partial charge < -0.3 is 14.7 Å². The molecular weight excluding hydrogens is 424 g/mol. The summed E-state index contributed by atoms with van der Waals surface area (Å²) in [6, 6.07) is 13.5. The summed E-state index contributed by atoms with van der Waals surface area (Å²) in [6.07, 6.45) is 1.49. The Morgan fingerprint density at radius 1 is 1.06 bits per heavy atom. The van der Waals surface area contributed by atoms with Crippen molar-refractivity contribution in [3.05, 3.63) is 82.1 Å². The summed E-state index contributed by atoms with van der Waals surface area (Å²) in [7, 11) is 0. The van der Waals surface area contributed by atoms with Crippen molar-refractivity contribution in [2.75, 3.05) is 5.32 Å². The first-order valence-electron chi connectivity index (χ1n) is 10.1. The number of amides is 1. The van der Waals surface area contributed by atoms with E-state index < -0.39 is 11.7 Å². The molecule has 10 heteroatoms. The van der Waals surface area contributed by atoms with Crippen LogP contribution in [0.3, 0.4) is 0 Å². The van der Waals surface area contributed by atoms with Gasteiger partial charge in [0.1, 0.15) is 11.5 Å². The summed E-state index contributed by atoms with van der Waals surface area (Å²) in [4.78, 5) is 48.0. The number of furan rings is 1. The smallest absolute Gasteiger partial charge is 0.298 e. The number of nitrogens with zero attached hydrogens (tertiary/aromatic N) is 3. The molecule has 164 valence electrons. The van der Waals surface area contributed by atoms with Crippen LogP contribution in [0.4, 0.5) is 5.82 Å². The number of Topliss-reactive ketones (excluding diaryl/α,β-unsaturated/α-hetero) is 1. The Bertz CT molecular complexity index is 1570. The molecule has 1 aromatic carbocycles. The van der Waals surface area contributed by atoms with Crippen LogP contribution in [0, 0.1) is 13.8 Å². The summed E-state index contributed by atoms with van der Waals surface area (Å²) in [6.45, 7) is 3.40. The minimum atomic E-state index is -0.856. The lowest BCUT2D eigenvalue weighted by molar-refractivity contribution is -0.112. The molecule has 0 bridgehead atoms. The van der Waals surface area contributed by atoms with Gasteiger partial charge in [0.2, 0.25) is 5.95 Å². The number of carbonyl (C=O) groups excluding carboxylic acids is 2. The van der Waals surface area contributed by atoms with Crippen LogP contribution in [-0.2, 0) is 4.79 Å². The lowest BCUT2D eigenvalue weighted by Crippen LogP contribution is -2.25. The number of ketones is 1. The van der Waals surface area contributed by atoms with Gasteiger partial charge >= 0.3 is 0 Å². The highest BCUT2D eigenvalue weighted by Crippen LogP contribution is 2.26. The van der Waals surface area contributed by atoms with Gasteiger partial charge in [0.05, 0.1) is 11.8 Å². The van der Waals surface area contributed by atoms with Crippen molar-refractivity contribution < 1.29 is 14.0 Å². The number of anilines is 1. The molecule has 0 saturated heterocycles. The van der Waals surface area contributed by atoms with E-state index in [1.807, 2.05) is 12.1 Å². The molecule has 0 radical (unpaired) electrons. The Labute approximate surface area is 186 Å². The highest BCUT2D eigenvalue weighted by Gasteiger charge is 2.25. The van der Waals surface area contributed by atoms with E-state index in [4.69, 9.17) is 4.42 Å². The number of hydrogen-bond acceptors (Lipinski definition) is 6. The molecule has 33 heavy (non-hydrogen) atoms. The molecule has 3 N–H and O–H groups in total. The van der Waals surface area contributed by atoms with E-state index in [-0.39, 0.29) is 17.3 Å². The molecule has 0 aliphatic carbocycles. The van der Waals surface area contributed by atoms with Crippen molar-refractivity contribution in [3.63, 3.8) is 0 Å². The summed E-state index contributed by atoms with van der Waals surface area (Å²) in [5.41, 5.74) is 2.11. The van der Waals surface area contributed by atoms with E-state index in [2.05, 4.69) is 25.4 Å². The van der Waals surface area contributed by atoms with E-state index in [0.29, 0.717) is 33.8 Å². The van der Waals surface area contributed by atoms with E-state index in [0.717, 1.165) is 5.52 Å². The van der Waals surface area contributed by atoms with Gasteiger partial charge in [-0.15, -0.1) is 0 Å². The van der Waals surface area contributed by atoms with Crippen molar-refractivity contribution in [1.82, 2.24) is 24.7 Å². The third-order valence-corrected chi connectivity index (χ3v) is 5.11. The number of benzene rings is 1. The predicted octanol–water partition coefficient (Wildman–Crippen LogP) is 3.14. The van der Waals surface area contributed by atoms with Crippen LogP contribution in [0.2, 0.25) is 0 Å².